The van der Waals surface area contributed by atoms with Crippen LogP contribution in [0.25, 0.3) is 10.8 Å². The molecule has 6 nitrogen and oxygen atoms in total. The number of rotatable bonds is 3. The molecule has 0 unspecified atom stereocenters. The van der Waals surface area contributed by atoms with Crippen LogP contribution in [0, 0.1) is 5.82 Å². The standard InChI is InChI=1S/C15H9FN2O4/c16-11-6-5-8(15(20)21)7-12(11)22-14-10-4-2-1-3-9(10)13(19)17-18-14/h1-7H,(H,17,19)(H,20,21). The molecule has 0 aliphatic carbocycles. The Morgan fingerprint density at radius 2 is 1.91 bits per heavy atom. The summed E-state index contributed by atoms with van der Waals surface area (Å²) >= 11 is 0. The fourth-order valence-corrected chi connectivity index (χ4v) is 1.99. The van der Waals surface area contributed by atoms with E-state index in [1.807, 2.05) is 0 Å². The number of carboxylic acids is 1. The lowest BCUT2D eigenvalue weighted by atomic mass is 10.2. The molecule has 0 saturated carbocycles. The Hall–Kier alpha value is -3.22. The van der Waals surface area contributed by atoms with E-state index >= 15 is 0 Å². The van der Waals surface area contributed by atoms with E-state index in [0.717, 1.165) is 18.2 Å². The van der Waals surface area contributed by atoms with E-state index in [0.29, 0.717) is 10.8 Å². The second kappa shape index (κ2) is 5.28. The molecule has 3 rings (SSSR count). The van der Waals surface area contributed by atoms with Crippen molar-refractivity contribution in [1.29, 1.82) is 0 Å². The molecule has 1 heterocycles. The van der Waals surface area contributed by atoms with Crippen molar-refractivity contribution in [3.05, 3.63) is 64.2 Å². The zero-order valence-electron chi connectivity index (χ0n) is 11.0. The molecule has 7 heteroatoms. The summed E-state index contributed by atoms with van der Waals surface area (Å²) in [6.07, 6.45) is 0. The molecular formula is C15H9FN2O4. The topological polar surface area (TPSA) is 92.3 Å². The Morgan fingerprint density at radius 3 is 2.64 bits per heavy atom. The summed E-state index contributed by atoms with van der Waals surface area (Å²) < 4.78 is 19.1. The molecule has 0 amide bonds. The number of hydrogen-bond donors (Lipinski definition) is 2. The van der Waals surface area contributed by atoms with Crippen molar-refractivity contribution in [2.24, 2.45) is 0 Å². The molecule has 110 valence electrons. The van der Waals surface area contributed by atoms with Crippen LogP contribution in [0.3, 0.4) is 0 Å². The van der Waals surface area contributed by atoms with Crippen LogP contribution in [0.15, 0.2) is 47.3 Å². The molecule has 2 N–H and O–H groups in total. The van der Waals surface area contributed by atoms with Crippen LogP contribution in [0.5, 0.6) is 11.6 Å². The number of aromatic carboxylic acids is 1. The van der Waals surface area contributed by atoms with E-state index < -0.39 is 17.3 Å². The van der Waals surface area contributed by atoms with Crippen LogP contribution in [-0.4, -0.2) is 21.3 Å². The van der Waals surface area contributed by atoms with Crippen molar-refractivity contribution in [1.82, 2.24) is 10.2 Å². The third kappa shape index (κ3) is 2.39. The van der Waals surface area contributed by atoms with Crippen LogP contribution in [0.1, 0.15) is 10.4 Å². The van der Waals surface area contributed by atoms with Crippen molar-refractivity contribution in [2.45, 2.75) is 0 Å². The molecule has 1 aromatic heterocycles. The summed E-state index contributed by atoms with van der Waals surface area (Å²) in [5.41, 5.74) is -0.521. The summed E-state index contributed by atoms with van der Waals surface area (Å²) in [7, 11) is 0. The van der Waals surface area contributed by atoms with Gasteiger partial charge >= 0.3 is 5.97 Å². The molecule has 0 spiro atoms. The SMILES string of the molecule is O=C(O)c1ccc(F)c(Oc2n[nH]c(=O)c3ccccc23)c1. The van der Waals surface area contributed by atoms with Gasteiger partial charge in [-0.25, -0.2) is 14.3 Å². The van der Waals surface area contributed by atoms with Crippen LogP contribution in [0.4, 0.5) is 4.39 Å². The van der Waals surface area contributed by atoms with Gasteiger partial charge in [0, 0.05) is 0 Å². The average molecular weight is 300 g/mol. The number of aromatic nitrogens is 2. The minimum Gasteiger partial charge on any atom is -0.478 e. The Bertz CT molecular complexity index is 936. The minimum absolute atomic E-state index is 0.0170. The Morgan fingerprint density at radius 1 is 1.18 bits per heavy atom. The molecule has 3 aromatic rings. The first kappa shape index (κ1) is 13.7. The Labute approximate surface area is 122 Å². The predicted octanol–water partition coefficient (Wildman–Crippen LogP) is 2.55. The molecule has 2 aromatic carbocycles. The summed E-state index contributed by atoms with van der Waals surface area (Å²) in [5.74, 6) is -2.24. The Kier molecular flexibility index (Phi) is 3.30. The number of H-pyrrole nitrogens is 1. The molecule has 22 heavy (non-hydrogen) atoms. The molecule has 0 atom stereocenters. The molecule has 0 saturated heterocycles. The second-order valence-corrected chi connectivity index (χ2v) is 4.46. The third-order valence-corrected chi connectivity index (χ3v) is 3.05. The van der Waals surface area contributed by atoms with E-state index in [1.54, 1.807) is 24.3 Å². The van der Waals surface area contributed by atoms with Gasteiger partial charge in [0.1, 0.15) is 0 Å². The van der Waals surface area contributed by atoms with Crippen LogP contribution >= 0.6 is 0 Å². The summed E-state index contributed by atoms with van der Waals surface area (Å²) in [4.78, 5) is 22.6. The maximum absolute atomic E-state index is 13.8. The van der Waals surface area contributed by atoms with Gasteiger partial charge in [0.15, 0.2) is 11.6 Å². The lowest BCUT2D eigenvalue weighted by Gasteiger charge is -2.08. The van der Waals surface area contributed by atoms with Gasteiger partial charge in [0.05, 0.1) is 16.3 Å². The first-order chi connectivity index (χ1) is 10.6. The lowest BCUT2D eigenvalue weighted by molar-refractivity contribution is 0.0696. The van der Waals surface area contributed by atoms with Gasteiger partial charge in [-0.15, -0.1) is 5.10 Å². The largest absolute Gasteiger partial charge is 0.478 e. The molecule has 0 aliphatic heterocycles. The zero-order valence-corrected chi connectivity index (χ0v) is 11.0. The van der Waals surface area contributed by atoms with Crippen molar-refractivity contribution < 1.29 is 19.0 Å². The fourth-order valence-electron chi connectivity index (χ4n) is 1.99. The number of hydrogen-bond acceptors (Lipinski definition) is 4. The first-order valence-corrected chi connectivity index (χ1v) is 6.24. The normalized spacial score (nSPS) is 10.6. The number of nitrogens with zero attached hydrogens (tertiary/aromatic N) is 1. The third-order valence-electron chi connectivity index (χ3n) is 3.05. The van der Waals surface area contributed by atoms with Gasteiger partial charge in [-0.3, -0.25) is 4.79 Å². The van der Waals surface area contributed by atoms with Crippen molar-refractivity contribution in [3.8, 4) is 11.6 Å². The number of ether oxygens (including phenoxy) is 1. The van der Waals surface area contributed by atoms with E-state index in [2.05, 4.69) is 10.2 Å². The van der Waals surface area contributed by atoms with E-state index in [-0.39, 0.29) is 17.2 Å². The molecule has 0 aliphatic rings. The molecule has 0 fully saturated rings. The summed E-state index contributed by atoms with van der Waals surface area (Å²) in [6, 6.07) is 9.71. The lowest BCUT2D eigenvalue weighted by Crippen LogP contribution is -2.09. The van der Waals surface area contributed by atoms with Crippen LogP contribution in [-0.2, 0) is 0 Å². The van der Waals surface area contributed by atoms with Crippen molar-refractivity contribution in [3.63, 3.8) is 0 Å². The van der Waals surface area contributed by atoms with Gasteiger partial charge in [-0.2, -0.15) is 0 Å². The summed E-state index contributed by atoms with van der Waals surface area (Å²) in [6.45, 7) is 0. The highest BCUT2D eigenvalue weighted by Gasteiger charge is 2.13. The molecule has 0 radical (unpaired) electrons. The minimum atomic E-state index is -1.20. The number of halogens is 1. The highest BCUT2D eigenvalue weighted by Crippen LogP contribution is 2.28. The smallest absolute Gasteiger partial charge is 0.335 e. The number of benzene rings is 2. The quantitative estimate of drug-likeness (QED) is 0.775. The maximum atomic E-state index is 13.8. The van der Waals surface area contributed by atoms with E-state index in [1.165, 1.54) is 0 Å². The van der Waals surface area contributed by atoms with Gasteiger partial charge in [0.25, 0.3) is 5.56 Å². The van der Waals surface area contributed by atoms with E-state index in [9.17, 15) is 14.0 Å². The fraction of sp³-hybridized carbons (Fsp3) is 0. The first-order valence-electron chi connectivity index (χ1n) is 6.24. The van der Waals surface area contributed by atoms with Gasteiger partial charge in [-0.1, -0.05) is 12.1 Å². The summed E-state index contributed by atoms with van der Waals surface area (Å²) in [5, 5.41) is 15.7. The van der Waals surface area contributed by atoms with Gasteiger partial charge in [-0.05, 0) is 30.3 Å². The highest BCUT2D eigenvalue weighted by molar-refractivity contribution is 5.88. The second-order valence-electron chi connectivity index (χ2n) is 4.46. The average Bonchev–Trinajstić information content (AvgIpc) is 2.52. The van der Waals surface area contributed by atoms with Crippen molar-refractivity contribution in [2.75, 3.05) is 0 Å². The van der Waals surface area contributed by atoms with E-state index in [4.69, 9.17) is 9.84 Å². The number of aromatic amines is 1. The number of carbonyl (C=O) groups is 1. The number of carboxylic acid groups (broad SMARTS) is 1. The molecule has 0 bridgehead atoms. The van der Waals surface area contributed by atoms with Crippen LogP contribution in [0.2, 0.25) is 0 Å². The van der Waals surface area contributed by atoms with Gasteiger partial charge < -0.3 is 9.84 Å². The molecular weight excluding hydrogens is 291 g/mol. The maximum Gasteiger partial charge on any atom is 0.335 e. The van der Waals surface area contributed by atoms with Gasteiger partial charge in [0.2, 0.25) is 5.88 Å². The van der Waals surface area contributed by atoms with Crippen LogP contribution < -0.4 is 10.3 Å². The number of fused-ring (bicyclic) bond motifs is 1. The van der Waals surface area contributed by atoms with Crippen molar-refractivity contribution >= 4 is 16.7 Å². The Balaban J connectivity index is 2.11. The monoisotopic (exact) mass is 300 g/mol. The zero-order chi connectivity index (χ0) is 15.7. The number of nitrogens with one attached hydrogen (secondary N) is 1. The highest BCUT2D eigenvalue weighted by atomic mass is 19.1. The predicted molar refractivity (Wildman–Crippen MR) is 75.8 cm³/mol.